The van der Waals surface area contributed by atoms with Gasteiger partial charge in [0.05, 0.1) is 12.3 Å². The molecule has 1 aliphatic rings. The monoisotopic (exact) mass is 308 g/mol. The van der Waals surface area contributed by atoms with Gasteiger partial charge in [-0.1, -0.05) is 0 Å². The van der Waals surface area contributed by atoms with Crippen molar-refractivity contribution >= 4 is 27.9 Å². The fourth-order valence-electron chi connectivity index (χ4n) is 2.56. The van der Waals surface area contributed by atoms with E-state index in [0.29, 0.717) is 35.2 Å². The van der Waals surface area contributed by atoms with Gasteiger partial charge in [0.1, 0.15) is 21.5 Å². The van der Waals surface area contributed by atoms with Gasteiger partial charge >= 0.3 is 0 Å². The fraction of sp³-hybridized carbons (Fsp3) is 0.571. The molecule has 2 heterocycles. The van der Waals surface area contributed by atoms with E-state index in [-0.39, 0.29) is 5.91 Å². The van der Waals surface area contributed by atoms with Gasteiger partial charge in [-0.3, -0.25) is 4.79 Å². The van der Waals surface area contributed by atoms with Crippen molar-refractivity contribution in [3.05, 3.63) is 10.4 Å². The SMILES string of the molecule is CCNC(=O)c1sc(N2CCC(COC)C2)c(C#N)c1N. The van der Waals surface area contributed by atoms with Crippen LogP contribution in [-0.4, -0.2) is 39.3 Å². The first kappa shape index (κ1) is 15.6. The van der Waals surface area contributed by atoms with E-state index in [1.165, 1.54) is 11.3 Å². The Morgan fingerprint density at radius 2 is 2.43 bits per heavy atom. The standard InChI is InChI=1S/C14H20N4O2S/c1-3-17-13(19)12-11(16)10(6-15)14(21-12)18-5-4-9(7-18)8-20-2/h9H,3-5,7-8,16H2,1-2H3,(H,17,19). The van der Waals surface area contributed by atoms with Crippen molar-refractivity contribution in [2.24, 2.45) is 5.92 Å². The van der Waals surface area contributed by atoms with E-state index in [1.54, 1.807) is 7.11 Å². The predicted molar refractivity (Wildman–Crippen MR) is 83.6 cm³/mol. The maximum atomic E-state index is 12.0. The molecule has 1 atom stereocenters. The molecule has 21 heavy (non-hydrogen) atoms. The lowest BCUT2D eigenvalue weighted by atomic mass is 10.1. The molecule has 1 aromatic rings. The van der Waals surface area contributed by atoms with Crippen LogP contribution in [0.25, 0.3) is 0 Å². The number of nitriles is 1. The first-order valence-electron chi connectivity index (χ1n) is 6.96. The number of amides is 1. The van der Waals surface area contributed by atoms with Gasteiger partial charge < -0.3 is 20.7 Å². The molecule has 1 amide bonds. The number of nitrogens with zero attached hydrogens (tertiary/aromatic N) is 2. The van der Waals surface area contributed by atoms with Crippen LogP contribution in [0.4, 0.5) is 10.7 Å². The number of ether oxygens (including phenoxy) is 1. The maximum absolute atomic E-state index is 12.0. The molecule has 6 nitrogen and oxygen atoms in total. The van der Waals surface area contributed by atoms with Crippen LogP contribution in [-0.2, 0) is 4.74 Å². The Labute approximate surface area is 128 Å². The number of hydrogen-bond donors (Lipinski definition) is 2. The first-order valence-corrected chi connectivity index (χ1v) is 7.78. The van der Waals surface area contributed by atoms with Gasteiger partial charge in [-0.25, -0.2) is 0 Å². The third-order valence-electron chi connectivity index (χ3n) is 3.56. The zero-order chi connectivity index (χ0) is 15.4. The molecule has 0 bridgehead atoms. The van der Waals surface area contributed by atoms with Crippen molar-refractivity contribution in [3.8, 4) is 6.07 Å². The molecule has 0 aliphatic carbocycles. The van der Waals surface area contributed by atoms with Gasteiger partial charge in [-0.15, -0.1) is 11.3 Å². The van der Waals surface area contributed by atoms with E-state index in [1.807, 2.05) is 6.92 Å². The summed E-state index contributed by atoms with van der Waals surface area (Å²) in [4.78, 5) is 14.6. The zero-order valence-electron chi connectivity index (χ0n) is 12.3. The number of anilines is 2. The number of nitrogens with one attached hydrogen (secondary N) is 1. The van der Waals surface area contributed by atoms with Gasteiger partial charge in [0.15, 0.2) is 0 Å². The number of nitrogens with two attached hydrogens (primary N) is 1. The van der Waals surface area contributed by atoms with Crippen LogP contribution in [0.1, 0.15) is 28.6 Å². The summed E-state index contributed by atoms with van der Waals surface area (Å²) in [6, 6.07) is 2.14. The van der Waals surface area contributed by atoms with E-state index in [2.05, 4.69) is 16.3 Å². The molecule has 1 aliphatic heterocycles. The molecule has 1 aromatic heterocycles. The van der Waals surface area contributed by atoms with Gasteiger partial charge in [-0.2, -0.15) is 5.26 Å². The smallest absolute Gasteiger partial charge is 0.263 e. The number of rotatable bonds is 5. The number of methoxy groups -OCH3 is 1. The largest absolute Gasteiger partial charge is 0.396 e. The Morgan fingerprint density at radius 1 is 1.67 bits per heavy atom. The highest BCUT2D eigenvalue weighted by atomic mass is 32.1. The summed E-state index contributed by atoms with van der Waals surface area (Å²) in [6.07, 6.45) is 1.02. The molecule has 0 aromatic carbocycles. The second-order valence-corrected chi connectivity index (χ2v) is 6.05. The Hall–Kier alpha value is -1.78. The average Bonchev–Trinajstić information content (AvgIpc) is 3.03. The van der Waals surface area contributed by atoms with Crippen LogP contribution < -0.4 is 16.0 Å². The van der Waals surface area contributed by atoms with Crippen LogP contribution in [0.3, 0.4) is 0 Å². The Morgan fingerprint density at radius 3 is 3.05 bits per heavy atom. The Bertz CT molecular complexity index is 564. The van der Waals surface area contributed by atoms with E-state index in [4.69, 9.17) is 10.5 Å². The van der Waals surface area contributed by atoms with E-state index in [9.17, 15) is 10.1 Å². The van der Waals surface area contributed by atoms with Crippen LogP contribution in [0.15, 0.2) is 0 Å². The summed E-state index contributed by atoms with van der Waals surface area (Å²) in [5, 5.41) is 12.9. The quantitative estimate of drug-likeness (QED) is 0.858. The van der Waals surface area contributed by atoms with Crippen molar-refractivity contribution in [1.29, 1.82) is 5.26 Å². The number of thiophene rings is 1. The highest BCUT2D eigenvalue weighted by molar-refractivity contribution is 7.19. The van der Waals surface area contributed by atoms with Gasteiger partial charge in [0.25, 0.3) is 5.91 Å². The normalized spacial score (nSPS) is 17.8. The molecule has 0 saturated carbocycles. The minimum Gasteiger partial charge on any atom is -0.396 e. The summed E-state index contributed by atoms with van der Waals surface area (Å²) < 4.78 is 5.19. The lowest BCUT2D eigenvalue weighted by molar-refractivity contribution is 0.0960. The third-order valence-corrected chi connectivity index (χ3v) is 4.82. The number of carbonyl (C=O) groups excluding carboxylic acids is 1. The van der Waals surface area contributed by atoms with E-state index >= 15 is 0 Å². The number of hydrogen-bond acceptors (Lipinski definition) is 6. The van der Waals surface area contributed by atoms with Crippen molar-refractivity contribution in [1.82, 2.24) is 5.32 Å². The number of carbonyl (C=O) groups is 1. The van der Waals surface area contributed by atoms with Crippen molar-refractivity contribution in [2.75, 3.05) is 44.0 Å². The molecule has 1 saturated heterocycles. The molecule has 3 N–H and O–H groups in total. The molecule has 0 radical (unpaired) electrons. The van der Waals surface area contributed by atoms with Crippen LogP contribution in [0.5, 0.6) is 0 Å². The predicted octanol–water partition coefficient (Wildman–Crippen LogP) is 1.42. The van der Waals surface area contributed by atoms with Gasteiger partial charge in [0.2, 0.25) is 0 Å². The minimum absolute atomic E-state index is 0.213. The Kier molecular flexibility index (Phi) is 5.04. The van der Waals surface area contributed by atoms with Crippen molar-refractivity contribution in [2.45, 2.75) is 13.3 Å². The summed E-state index contributed by atoms with van der Waals surface area (Å²) in [7, 11) is 1.69. The lowest BCUT2D eigenvalue weighted by Gasteiger charge is -2.16. The molecule has 1 unspecified atom stereocenters. The van der Waals surface area contributed by atoms with E-state index < -0.39 is 0 Å². The average molecular weight is 308 g/mol. The number of nitrogen functional groups attached to an aromatic ring is 1. The second-order valence-electron chi connectivity index (χ2n) is 5.05. The Balaban J connectivity index is 2.26. The van der Waals surface area contributed by atoms with Crippen molar-refractivity contribution < 1.29 is 9.53 Å². The maximum Gasteiger partial charge on any atom is 0.263 e. The molecule has 1 fully saturated rings. The zero-order valence-corrected chi connectivity index (χ0v) is 13.1. The molecule has 7 heteroatoms. The highest BCUT2D eigenvalue weighted by Crippen LogP contribution is 2.39. The molecular formula is C14H20N4O2S. The lowest BCUT2D eigenvalue weighted by Crippen LogP contribution is -2.22. The second kappa shape index (κ2) is 6.78. The minimum atomic E-state index is -0.213. The highest BCUT2D eigenvalue weighted by Gasteiger charge is 2.29. The first-order chi connectivity index (χ1) is 10.1. The van der Waals surface area contributed by atoms with Gasteiger partial charge in [-0.05, 0) is 13.3 Å². The third kappa shape index (κ3) is 3.12. The summed E-state index contributed by atoms with van der Waals surface area (Å²) >= 11 is 1.30. The molecule has 0 spiro atoms. The van der Waals surface area contributed by atoms with Crippen LogP contribution in [0.2, 0.25) is 0 Å². The fourth-order valence-corrected chi connectivity index (χ4v) is 3.68. The van der Waals surface area contributed by atoms with Crippen LogP contribution >= 0.6 is 11.3 Å². The van der Waals surface area contributed by atoms with Crippen LogP contribution in [0, 0.1) is 17.2 Å². The molecule has 114 valence electrons. The summed E-state index contributed by atoms with van der Waals surface area (Å²) in [6.45, 7) is 4.79. The van der Waals surface area contributed by atoms with E-state index in [0.717, 1.165) is 24.5 Å². The molecule has 2 rings (SSSR count). The summed E-state index contributed by atoms with van der Waals surface area (Å²) in [5.41, 5.74) is 6.69. The molecular weight excluding hydrogens is 288 g/mol. The summed E-state index contributed by atoms with van der Waals surface area (Å²) in [5.74, 6) is 0.244. The van der Waals surface area contributed by atoms with Crippen molar-refractivity contribution in [3.63, 3.8) is 0 Å². The van der Waals surface area contributed by atoms with Gasteiger partial charge in [0, 0.05) is 32.7 Å². The topological polar surface area (TPSA) is 91.4 Å².